The third-order valence-electron chi connectivity index (χ3n) is 4.28. The Bertz CT molecular complexity index is 394. The molecule has 0 bridgehead atoms. The van der Waals surface area contributed by atoms with Crippen LogP contribution in [0.15, 0.2) is 0 Å². The predicted octanol–water partition coefficient (Wildman–Crippen LogP) is -0.838. The number of likely N-dealkylation sites (tertiary alicyclic amines) is 1. The van der Waals surface area contributed by atoms with Crippen molar-refractivity contribution in [1.82, 2.24) is 15.1 Å². The number of hydrogen-bond acceptors (Lipinski definition) is 5. The summed E-state index contributed by atoms with van der Waals surface area (Å²) in [5, 5.41) is 2.56. The summed E-state index contributed by atoms with van der Waals surface area (Å²) in [7, 11) is 0. The third-order valence-corrected chi connectivity index (χ3v) is 4.28. The molecule has 0 aliphatic carbocycles. The quantitative estimate of drug-likeness (QED) is 0.691. The van der Waals surface area contributed by atoms with Crippen LogP contribution >= 0.6 is 0 Å². The van der Waals surface area contributed by atoms with Gasteiger partial charge in [-0.15, -0.1) is 0 Å². The number of nitrogens with one attached hydrogen (secondary N) is 1. The predicted molar refractivity (Wildman–Crippen MR) is 83.2 cm³/mol. The fraction of sp³-hybridized carbons (Fsp3) is 0.867. The van der Waals surface area contributed by atoms with Crippen molar-refractivity contribution in [2.24, 2.45) is 5.73 Å². The second-order valence-corrected chi connectivity index (χ2v) is 6.34. The van der Waals surface area contributed by atoms with E-state index < -0.39 is 0 Å². The first-order valence-electron chi connectivity index (χ1n) is 8.13. The Morgan fingerprint density at radius 1 is 1.27 bits per heavy atom. The molecule has 2 fully saturated rings. The van der Waals surface area contributed by atoms with Crippen LogP contribution in [0.2, 0.25) is 0 Å². The summed E-state index contributed by atoms with van der Waals surface area (Å²) >= 11 is 0. The Kier molecular flexibility index (Phi) is 6.16. The fourth-order valence-electron chi connectivity index (χ4n) is 3.43. The molecule has 7 nitrogen and oxygen atoms in total. The van der Waals surface area contributed by atoms with Gasteiger partial charge in [-0.1, -0.05) is 0 Å². The summed E-state index contributed by atoms with van der Waals surface area (Å²) in [6.45, 7) is 7.61. The molecule has 0 aromatic heterocycles. The lowest BCUT2D eigenvalue weighted by Crippen LogP contribution is -2.52. The van der Waals surface area contributed by atoms with Crippen molar-refractivity contribution in [2.45, 2.75) is 44.9 Å². The van der Waals surface area contributed by atoms with Gasteiger partial charge in [0.1, 0.15) is 0 Å². The maximum atomic E-state index is 12.3. The summed E-state index contributed by atoms with van der Waals surface area (Å²) in [6.07, 6.45) is 2.52. The molecule has 7 heteroatoms. The number of morpholine rings is 1. The van der Waals surface area contributed by atoms with E-state index in [1.54, 1.807) is 0 Å². The maximum absolute atomic E-state index is 12.3. The molecule has 22 heavy (non-hydrogen) atoms. The van der Waals surface area contributed by atoms with Crippen LogP contribution in [0, 0.1) is 0 Å². The summed E-state index contributed by atoms with van der Waals surface area (Å²) < 4.78 is 5.75. The van der Waals surface area contributed by atoms with E-state index in [2.05, 4.69) is 24.1 Å². The molecule has 0 aromatic rings. The van der Waals surface area contributed by atoms with Crippen LogP contribution in [0.3, 0.4) is 0 Å². The van der Waals surface area contributed by atoms with Crippen LogP contribution in [-0.4, -0.2) is 79.1 Å². The molecule has 0 aromatic carbocycles. The second kappa shape index (κ2) is 7.89. The Balaban J connectivity index is 1.84. The van der Waals surface area contributed by atoms with Gasteiger partial charge in [-0.2, -0.15) is 0 Å². The summed E-state index contributed by atoms with van der Waals surface area (Å²) in [5.74, 6) is -0.307. The van der Waals surface area contributed by atoms with Crippen LogP contribution in [0.5, 0.6) is 0 Å². The van der Waals surface area contributed by atoms with Gasteiger partial charge in [0.2, 0.25) is 11.8 Å². The van der Waals surface area contributed by atoms with Crippen LogP contribution in [0.25, 0.3) is 0 Å². The average molecular weight is 312 g/mol. The molecule has 2 aliphatic rings. The van der Waals surface area contributed by atoms with Gasteiger partial charge >= 0.3 is 0 Å². The standard InChI is InChI=1S/C15H28N4O3/c1-11-8-18(9-12(2)22-11)10-13-4-3-5-19(13)15(21)7-17-14(20)6-16/h11-13H,3-10,16H2,1-2H3,(H,17,20). The molecule has 0 spiro atoms. The van der Waals surface area contributed by atoms with Gasteiger partial charge < -0.3 is 20.7 Å². The number of carbonyl (C=O) groups is 2. The highest BCUT2D eigenvalue weighted by atomic mass is 16.5. The van der Waals surface area contributed by atoms with Crippen molar-refractivity contribution in [3.8, 4) is 0 Å². The lowest BCUT2D eigenvalue weighted by molar-refractivity contribution is -0.134. The smallest absolute Gasteiger partial charge is 0.242 e. The van der Waals surface area contributed by atoms with E-state index in [1.165, 1.54) is 0 Å². The summed E-state index contributed by atoms with van der Waals surface area (Å²) in [4.78, 5) is 27.7. The van der Waals surface area contributed by atoms with Crippen LogP contribution in [-0.2, 0) is 14.3 Å². The first-order valence-corrected chi connectivity index (χ1v) is 8.13. The van der Waals surface area contributed by atoms with E-state index in [0.29, 0.717) is 0 Å². The topological polar surface area (TPSA) is 87.9 Å². The molecule has 2 rings (SSSR count). The number of amides is 2. The minimum atomic E-state index is -0.292. The highest BCUT2D eigenvalue weighted by molar-refractivity contribution is 5.85. The molecule has 2 amide bonds. The van der Waals surface area contributed by atoms with Crippen molar-refractivity contribution in [2.75, 3.05) is 39.3 Å². The van der Waals surface area contributed by atoms with Crippen LogP contribution < -0.4 is 11.1 Å². The molecule has 126 valence electrons. The van der Waals surface area contributed by atoms with Gasteiger partial charge in [0.05, 0.1) is 25.3 Å². The maximum Gasteiger partial charge on any atom is 0.242 e. The minimum Gasteiger partial charge on any atom is -0.373 e. The van der Waals surface area contributed by atoms with Gasteiger partial charge in [-0.05, 0) is 26.7 Å². The number of hydrogen-bond donors (Lipinski definition) is 2. The monoisotopic (exact) mass is 312 g/mol. The second-order valence-electron chi connectivity index (χ2n) is 6.34. The molecule has 2 aliphatic heterocycles. The minimum absolute atomic E-state index is 0.0151. The number of carbonyl (C=O) groups excluding carboxylic acids is 2. The molecule has 0 radical (unpaired) electrons. The molecule has 3 N–H and O–H groups in total. The van der Waals surface area contributed by atoms with Crippen molar-refractivity contribution in [3.63, 3.8) is 0 Å². The molecule has 2 saturated heterocycles. The van der Waals surface area contributed by atoms with Crippen molar-refractivity contribution in [1.29, 1.82) is 0 Å². The molecular formula is C15H28N4O3. The number of nitrogens with two attached hydrogens (primary N) is 1. The van der Waals surface area contributed by atoms with Gasteiger partial charge in [0.15, 0.2) is 0 Å². The van der Waals surface area contributed by atoms with Gasteiger partial charge in [0, 0.05) is 32.2 Å². The lowest BCUT2D eigenvalue weighted by atomic mass is 10.1. The molecule has 0 saturated carbocycles. The molecule has 3 unspecified atom stereocenters. The molecule has 2 heterocycles. The summed E-state index contributed by atoms with van der Waals surface area (Å²) in [6, 6.07) is 0.236. The Morgan fingerprint density at radius 2 is 1.95 bits per heavy atom. The zero-order chi connectivity index (χ0) is 16.1. The van der Waals surface area contributed by atoms with E-state index in [1.807, 2.05) is 4.90 Å². The largest absolute Gasteiger partial charge is 0.373 e. The number of nitrogens with zero attached hydrogens (tertiary/aromatic N) is 2. The third kappa shape index (κ3) is 4.66. The Hall–Kier alpha value is -1.18. The van der Waals surface area contributed by atoms with E-state index in [4.69, 9.17) is 10.5 Å². The Morgan fingerprint density at radius 3 is 2.59 bits per heavy atom. The number of ether oxygens (including phenoxy) is 1. The highest BCUT2D eigenvalue weighted by Gasteiger charge is 2.32. The van der Waals surface area contributed by atoms with E-state index >= 15 is 0 Å². The summed E-state index contributed by atoms with van der Waals surface area (Å²) in [5.41, 5.74) is 5.23. The SMILES string of the molecule is CC1CN(CC2CCCN2C(=O)CNC(=O)CN)CC(C)O1. The van der Waals surface area contributed by atoms with Crippen molar-refractivity contribution < 1.29 is 14.3 Å². The van der Waals surface area contributed by atoms with E-state index in [-0.39, 0.29) is 43.2 Å². The van der Waals surface area contributed by atoms with Gasteiger partial charge in [-0.3, -0.25) is 14.5 Å². The zero-order valence-electron chi connectivity index (χ0n) is 13.6. The van der Waals surface area contributed by atoms with Crippen LogP contribution in [0.1, 0.15) is 26.7 Å². The first-order chi connectivity index (χ1) is 10.5. The fourth-order valence-corrected chi connectivity index (χ4v) is 3.43. The zero-order valence-corrected chi connectivity index (χ0v) is 13.6. The van der Waals surface area contributed by atoms with Crippen molar-refractivity contribution >= 4 is 11.8 Å². The average Bonchev–Trinajstić information content (AvgIpc) is 2.91. The highest BCUT2D eigenvalue weighted by Crippen LogP contribution is 2.20. The normalized spacial score (nSPS) is 29.6. The Labute approximate surface area is 132 Å². The first kappa shape index (κ1) is 17.2. The molecule has 3 atom stereocenters. The van der Waals surface area contributed by atoms with Gasteiger partial charge in [-0.25, -0.2) is 0 Å². The van der Waals surface area contributed by atoms with E-state index in [0.717, 1.165) is 39.0 Å². The molecular weight excluding hydrogens is 284 g/mol. The van der Waals surface area contributed by atoms with Crippen LogP contribution in [0.4, 0.5) is 0 Å². The number of rotatable bonds is 5. The van der Waals surface area contributed by atoms with E-state index in [9.17, 15) is 9.59 Å². The lowest BCUT2D eigenvalue weighted by Gasteiger charge is -2.38. The van der Waals surface area contributed by atoms with Gasteiger partial charge in [0.25, 0.3) is 0 Å². The van der Waals surface area contributed by atoms with Crippen molar-refractivity contribution in [3.05, 3.63) is 0 Å².